The van der Waals surface area contributed by atoms with E-state index in [1.165, 1.54) is 0 Å². The summed E-state index contributed by atoms with van der Waals surface area (Å²) in [5, 5.41) is 7.49. The molecule has 0 radical (unpaired) electrons. The first-order valence-electron chi connectivity index (χ1n) is 3.75. The van der Waals surface area contributed by atoms with Gasteiger partial charge in [-0.1, -0.05) is 26.3 Å². The maximum atomic E-state index is 10.1. The van der Waals surface area contributed by atoms with Crippen molar-refractivity contribution in [2.75, 3.05) is 0 Å². The monoisotopic (exact) mass is 174 g/mol. The molecule has 0 fully saturated rings. The van der Waals surface area contributed by atoms with Crippen LogP contribution < -0.4 is 0 Å². The van der Waals surface area contributed by atoms with Gasteiger partial charge in [0.05, 0.1) is 0 Å². The Morgan fingerprint density at radius 2 is 2.18 bits per heavy atom. The summed E-state index contributed by atoms with van der Waals surface area (Å²) in [6.45, 7) is 5.77. The van der Waals surface area contributed by atoms with Gasteiger partial charge in [0.1, 0.15) is 0 Å². The summed E-state index contributed by atoms with van der Waals surface area (Å²) in [4.78, 5) is 10.9. The van der Waals surface area contributed by atoms with Crippen LogP contribution in [0.5, 0.6) is 0 Å². The summed E-state index contributed by atoms with van der Waals surface area (Å²) in [6, 6.07) is 0. The molecule has 0 amide bonds. The quantitative estimate of drug-likeness (QED) is 0.648. The summed E-state index contributed by atoms with van der Waals surface area (Å²) < 4.78 is 0. The average Bonchev–Trinajstić information content (AvgIpc) is 1.86. The first kappa shape index (κ1) is 10.6. The molecule has 0 saturated carbocycles. The van der Waals surface area contributed by atoms with E-state index in [0.29, 0.717) is 0 Å². The van der Waals surface area contributed by atoms with Crippen molar-refractivity contribution in [2.24, 2.45) is 0 Å². The summed E-state index contributed by atoms with van der Waals surface area (Å²) in [5.74, 6) is 0. The lowest BCUT2D eigenvalue weighted by Crippen LogP contribution is -1.85. The van der Waals surface area contributed by atoms with Crippen LogP contribution in [0.1, 0.15) is 32.6 Å². The van der Waals surface area contributed by atoms with Gasteiger partial charge in [-0.05, 0) is 29.5 Å². The second-order valence-electron chi connectivity index (χ2n) is 2.36. The van der Waals surface area contributed by atoms with Crippen molar-refractivity contribution >= 4 is 17.1 Å². The van der Waals surface area contributed by atoms with Crippen molar-refractivity contribution in [1.29, 1.82) is 0 Å². The van der Waals surface area contributed by atoms with Crippen molar-refractivity contribution in [3.05, 3.63) is 11.5 Å². The van der Waals surface area contributed by atoms with E-state index >= 15 is 0 Å². The van der Waals surface area contributed by atoms with Gasteiger partial charge in [-0.25, -0.2) is 4.79 Å². The standard InChI is InChI=1S/C8H14O2S/c1-3-4-5-6-7(2)11-8(9)10/h2-6H2,1H3,(H,9,10). The van der Waals surface area contributed by atoms with Gasteiger partial charge in [0.2, 0.25) is 0 Å². The summed E-state index contributed by atoms with van der Waals surface area (Å²) in [6.07, 6.45) is 4.19. The van der Waals surface area contributed by atoms with E-state index in [2.05, 4.69) is 13.5 Å². The Morgan fingerprint density at radius 1 is 1.55 bits per heavy atom. The lowest BCUT2D eigenvalue weighted by Gasteiger charge is -1.99. The highest BCUT2D eigenvalue weighted by molar-refractivity contribution is 8.16. The third-order valence-electron chi connectivity index (χ3n) is 1.29. The largest absolute Gasteiger partial charge is 0.473 e. The van der Waals surface area contributed by atoms with Crippen LogP contribution in [0.2, 0.25) is 0 Å². The number of carboxylic acid groups (broad SMARTS) is 1. The molecule has 0 aromatic carbocycles. The second-order valence-corrected chi connectivity index (χ2v) is 3.49. The van der Waals surface area contributed by atoms with E-state index in [1.54, 1.807) is 0 Å². The molecule has 0 aromatic rings. The van der Waals surface area contributed by atoms with Gasteiger partial charge in [-0.2, -0.15) is 0 Å². The van der Waals surface area contributed by atoms with E-state index < -0.39 is 5.30 Å². The smallest absolute Gasteiger partial charge is 0.369 e. The van der Waals surface area contributed by atoms with E-state index in [9.17, 15) is 4.79 Å². The van der Waals surface area contributed by atoms with Crippen LogP contribution in [0.3, 0.4) is 0 Å². The van der Waals surface area contributed by atoms with E-state index in [1.807, 2.05) is 0 Å². The lowest BCUT2D eigenvalue weighted by molar-refractivity contribution is 0.222. The highest BCUT2D eigenvalue weighted by atomic mass is 32.2. The minimum atomic E-state index is -0.855. The highest BCUT2D eigenvalue weighted by Gasteiger charge is 2.00. The van der Waals surface area contributed by atoms with Gasteiger partial charge < -0.3 is 5.11 Å². The van der Waals surface area contributed by atoms with Crippen molar-refractivity contribution in [3.63, 3.8) is 0 Å². The fourth-order valence-electron chi connectivity index (χ4n) is 0.747. The van der Waals surface area contributed by atoms with E-state index in [4.69, 9.17) is 5.11 Å². The third kappa shape index (κ3) is 7.46. The Kier molecular flexibility index (Phi) is 6.03. The molecule has 0 aliphatic rings. The van der Waals surface area contributed by atoms with Gasteiger partial charge in [0.25, 0.3) is 0 Å². The number of hydrogen-bond donors (Lipinski definition) is 1. The van der Waals surface area contributed by atoms with Crippen molar-refractivity contribution in [2.45, 2.75) is 32.6 Å². The fourth-order valence-corrected chi connectivity index (χ4v) is 1.24. The minimum Gasteiger partial charge on any atom is -0.473 e. The van der Waals surface area contributed by atoms with Crippen LogP contribution in [0.15, 0.2) is 11.5 Å². The number of unbranched alkanes of at least 4 members (excludes halogenated alkanes) is 2. The van der Waals surface area contributed by atoms with Crippen LogP contribution in [-0.4, -0.2) is 10.4 Å². The normalized spacial score (nSPS) is 9.55. The molecule has 0 aliphatic heterocycles. The summed E-state index contributed by atoms with van der Waals surface area (Å²) in [7, 11) is 0. The molecule has 0 spiro atoms. The van der Waals surface area contributed by atoms with E-state index in [0.717, 1.165) is 42.4 Å². The molecule has 0 atom stereocenters. The molecular weight excluding hydrogens is 160 g/mol. The van der Waals surface area contributed by atoms with Crippen LogP contribution in [0.4, 0.5) is 4.79 Å². The van der Waals surface area contributed by atoms with Crippen molar-refractivity contribution in [3.8, 4) is 0 Å². The van der Waals surface area contributed by atoms with Crippen LogP contribution in [-0.2, 0) is 0 Å². The molecule has 0 rings (SSSR count). The molecule has 0 aliphatic carbocycles. The molecule has 1 N–H and O–H groups in total. The fraction of sp³-hybridized carbons (Fsp3) is 0.625. The Bertz CT molecular complexity index is 143. The van der Waals surface area contributed by atoms with Crippen LogP contribution in [0.25, 0.3) is 0 Å². The predicted molar refractivity (Wildman–Crippen MR) is 48.9 cm³/mol. The maximum Gasteiger partial charge on any atom is 0.369 e. The van der Waals surface area contributed by atoms with Crippen LogP contribution >= 0.6 is 11.8 Å². The number of carbonyl (C=O) groups is 1. The average molecular weight is 174 g/mol. The first-order chi connectivity index (χ1) is 5.16. The Hall–Kier alpha value is -0.440. The first-order valence-corrected chi connectivity index (χ1v) is 4.57. The topological polar surface area (TPSA) is 37.3 Å². The van der Waals surface area contributed by atoms with Crippen molar-refractivity contribution < 1.29 is 9.90 Å². The predicted octanol–water partition coefficient (Wildman–Crippen LogP) is 3.49. The van der Waals surface area contributed by atoms with E-state index in [-0.39, 0.29) is 0 Å². The summed E-state index contributed by atoms with van der Waals surface area (Å²) in [5.41, 5.74) is 0. The number of allylic oxidation sites excluding steroid dienone is 1. The zero-order valence-electron chi connectivity index (χ0n) is 6.80. The molecule has 0 heterocycles. The van der Waals surface area contributed by atoms with Crippen LogP contribution in [0, 0.1) is 0 Å². The number of hydrogen-bond acceptors (Lipinski definition) is 2. The Morgan fingerprint density at radius 3 is 2.64 bits per heavy atom. The van der Waals surface area contributed by atoms with Crippen molar-refractivity contribution in [1.82, 2.24) is 0 Å². The molecule has 11 heavy (non-hydrogen) atoms. The molecule has 0 bridgehead atoms. The second kappa shape index (κ2) is 6.28. The molecule has 0 saturated heterocycles. The highest BCUT2D eigenvalue weighted by Crippen LogP contribution is 2.20. The minimum absolute atomic E-state index is 0.756. The maximum absolute atomic E-state index is 10.1. The van der Waals surface area contributed by atoms with Gasteiger partial charge >= 0.3 is 5.30 Å². The Labute approximate surface area is 71.7 Å². The SMILES string of the molecule is C=C(CCCCC)SC(=O)O. The zero-order valence-corrected chi connectivity index (χ0v) is 7.62. The van der Waals surface area contributed by atoms with Gasteiger partial charge in [0, 0.05) is 0 Å². The molecule has 2 nitrogen and oxygen atoms in total. The van der Waals surface area contributed by atoms with Gasteiger partial charge in [-0.15, -0.1) is 0 Å². The molecule has 0 unspecified atom stereocenters. The molecule has 0 aromatic heterocycles. The van der Waals surface area contributed by atoms with Gasteiger partial charge in [-0.3, -0.25) is 0 Å². The third-order valence-corrected chi connectivity index (χ3v) is 1.96. The van der Waals surface area contributed by atoms with Gasteiger partial charge in [0.15, 0.2) is 0 Å². The molecule has 3 heteroatoms. The lowest BCUT2D eigenvalue weighted by atomic mass is 10.2. The Balaban J connectivity index is 3.30. The molecular formula is C8H14O2S. The number of thioether (sulfide) groups is 1. The summed E-state index contributed by atoms with van der Waals surface area (Å²) >= 11 is 0.827. The molecule has 64 valence electrons. The number of rotatable bonds is 5. The zero-order chi connectivity index (χ0) is 8.69.